The Bertz CT molecular complexity index is 780. The molecule has 122 valence electrons. The Balaban J connectivity index is 1.99. The molecule has 0 fully saturated rings. The topological polar surface area (TPSA) is 72.5 Å². The predicted octanol–water partition coefficient (Wildman–Crippen LogP) is 2.80. The van der Waals surface area contributed by atoms with Gasteiger partial charge in [-0.15, -0.1) is 0 Å². The molecule has 5 nitrogen and oxygen atoms in total. The van der Waals surface area contributed by atoms with Crippen molar-refractivity contribution in [2.45, 2.75) is 24.8 Å². The SMILES string of the molecule is Cc1ccc(O[C@@H](C)C(=O)Nc2ccc(S(C)(=O)=O)cc2)cc1. The van der Waals surface area contributed by atoms with Crippen LogP contribution in [0.5, 0.6) is 5.75 Å². The molecule has 0 saturated heterocycles. The predicted molar refractivity (Wildman–Crippen MR) is 89.5 cm³/mol. The molecule has 2 aromatic carbocycles. The third-order valence-electron chi connectivity index (χ3n) is 3.25. The Kier molecular flexibility index (Phi) is 5.05. The van der Waals surface area contributed by atoms with Gasteiger partial charge in [-0.05, 0) is 50.2 Å². The second kappa shape index (κ2) is 6.83. The summed E-state index contributed by atoms with van der Waals surface area (Å²) in [6.45, 7) is 3.63. The normalized spacial score (nSPS) is 12.5. The van der Waals surface area contributed by atoms with Crippen molar-refractivity contribution in [1.29, 1.82) is 0 Å². The molecule has 1 atom stereocenters. The largest absolute Gasteiger partial charge is 0.481 e. The van der Waals surface area contributed by atoms with Gasteiger partial charge in [-0.3, -0.25) is 4.79 Å². The molecule has 0 bridgehead atoms. The van der Waals surface area contributed by atoms with Gasteiger partial charge in [-0.25, -0.2) is 8.42 Å². The zero-order chi connectivity index (χ0) is 17.0. The van der Waals surface area contributed by atoms with Crippen LogP contribution in [-0.4, -0.2) is 26.7 Å². The van der Waals surface area contributed by atoms with E-state index in [-0.39, 0.29) is 10.8 Å². The molecule has 0 aliphatic rings. The Morgan fingerprint density at radius 3 is 2.13 bits per heavy atom. The Hall–Kier alpha value is -2.34. The van der Waals surface area contributed by atoms with E-state index in [0.717, 1.165) is 11.8 Å². The highest BCUT2D eigenvalue weighted by atomic mass is 32.2. The minimum atomic E-state index is -3.25. The van der Waals surface area contributed by atoms with Crippen molar-refractivity contribution in [3.05, 3.63) is 54.1 Å². The lowest BCUT2D eigenvalue weighted by Gasteiger charge is -2.15. The minimum absolute atomic E-state index is 0.208. The van der Waals surface area contributed by atoms with Crippen LogP contribution in [-0.2, 0) is 14.6 Å². The number of nitrogens with one attached hydrogen (secondary N) is 1. The quantitative estimate of drug-likeness (QED) is 0.913. The number of amides is 1. The van der Waals surface area contributed by atoms with E-state index in [1.165, 1.54) is 12.1 Å². The summed E-state index contributed by atoms with van der Waals surface area (Å²) in [4.78, 5) is 12.3. The molecule has 0 aromatic heterocycles. The maximum atomic E-state index is 12.1. The Labute approximate surface area is 136 Å². The van der Waals surface area contributed by atoms with Crippen molar-refractivity contribution in [2.75, 3.05) is 11.6 Å². The summed E-state index contributed by atoms with van der Waals surface area (Å²) in [5.41, 5.74) is 1.63. The molecule has 0 aliphatic carbocycles. The van der Waals surface area contributed by atoms with E-state index in [0.29, 0.717) is 11.4 Å². The van der Waals surface area contributed by atoms with Gasteiger partial charge in [-0.1, -0.05) is 17.7 Å². The molecule has 2 aromatic rings. The summed E-state index contributed by atoms with van der Waals surface area (Å²) in [6, 6.07) is 13.4. The third kappa shape index (κ3) is 4.82. The van der Waals surface area contributed by atoms with Crippen LogP contribution >= 0.6 is 0 Å². The Morgan fingerprint density at radius 1 is 1.04 bits per heavy atom. The van der Waals surface area contributed by atoms with Crippen LogP contribution in [0.25, 0.3) is 0 Å². The van der Waals surface area contributed by atoms with Gasteiger partial charge < -0.3 is 10.1 Å². The number of rotatable bonds is 5. The summed E-state index contributed by atoms with van der Waals surface area (Å²) in [7, 11) is -3.25. The van der Waals surface area contributed by atoms with Gasteiger partial charge in [-0.2, -0.15) is 0 Å². The minimum Gasteiger partial charge on any atom is -0.481 e. The highest BCUT2D eigenvalue weighted by Crippen LogP contribution is 2.16. The number of carbonyl (C=O) groups excluding carboxylic acids is 1. The molecule has 1 N–H and O–H groups in total. The first kappa shape index (κ1) is 17.0. The van der Waals surface area contributed by atoms with Gasteiger partial charge in [0.15, 0.2) is 15.9 Å². The second-order valence-electron chi connectivity index (χ2n) is 5.36. The van der Waals surface area contributed by atoms with E-state index < -0.39 is 15.9 Å². The number of benzene rings is 2. The lowest BCUT2D eigenvalue weighted by molar-refractivity contribution is -0.122. The van der Waals surface area contributed by atoms with Crippen LogP contribution in [0.15, 0.2) is 53.4 Å². The number of ether oxygens (including phenoxy) is 1. The number of anilines is 1. The lowest BCUT2D eigenvalue weighted by atomic mass is 10.2. The Morgan fingerprint density at radius 2 is 1.61 bits per heavy atom. The smallest absolute Gasteiger partial charge is 0.265 e. The van der Waals surface area contributed by atoms with Crippen LogP contribution in [0.1, 0.15) is 12.5 Å². The molecule has 0 heterocycles. The lowest BCUT2D eigenvalue weighted by Crippen LogP contribution is -2.30. The summed E-state index contributed by atoms with van der Waals surface area (Å²) in [5.74, 6) is 0.309. The van der Waals surface area contributed by atoms with Gasteiger partial charge in [0.2, 0.25) is 0 Å². The van der Waals surface area contributed by atoms with E-state index in [1.807, 2.05) is 19.1 Å². The maximum Gasteiger partial charge on any atom is 0.265 e. The number of aryl methyl sites for hydroxylation is 1. The standard InChI is InChI=1S/C17H19NO4S/c1-12-4-8-15(9-5-12)22-13(2)17(19)18-14-6-10-16(11-7-14)23(3,20)21/h4-11,13H,1-3H3,(H,18,19)/t13-/m0/s1. The molecule has 0 radical (unpaired) electrons. The fraction of sp³-hybridized carbons (Fsp3) is 0.235. The van der Waals surface area contributed by atoms with Gasteiger partial charge in [0.05, 0.1) is 4.90 Å². The molecular weight excluding hydrogens is 314 g/mol. The van der Waals surface area contributed by atoms with Crippen LogP contribution in [0, 0.1) is 6.92 Å². The highest BCUT2D eigenvalue weighted by molar-refractivity contribution is 7.90. The van der Waals surface area contributed by atoms with E-state index in [9.17, 15) is 13.2 Å². The maximum absolute atomic E-state index is 12.1. The van der Waals surface area contributed by atoms with Gasteiger partial charge in [0.1, 0.15) is 5.75 Å². The van der Waals surface area contributed by atoms with Gasteiger partial charge >= 0.3 is 0 Å². The average molecular weight is 333 g/mol. The van der Waals surface area contributed by atoms with Crippen LogP contribution in [0.4, 0.5) is 5.69 Å². The van der Waals surface area contributed by atoms with Crippen LogP contribution < -0.4 is 10.1 Å². The van der Waals surface area contributed by atoms with Crippen molar-refractivity contribution in [2.24, 2.45) is 0 Å². The zero-order valence-corrected chi connectivity index (χ0v) is 14.1. The molecule has 1 amide bonds. The third-order valence-corrected chi connectivity index (χ3v) is 4.38. The number of carbonyl (C=O) groups is 1. The first-order valence-corrected chi connectivity index (χ1v) is 8.99. The summed E-state index contributed by atoms with van der Waals surface area (Å²) >= 11 is 0. The monoisotopic (exact) mass is 333 g/mol. The first-order chi connectivity index (χ1) is 10.8. The molecule has 0 aliphatic heterocycles. The van der Waals surface area contributed by atoms with Gasteiger partial charge in [0, 0.05) is 11.9 Å². The van der Waals surface area contributed by atoms with Crippen molar-refractivity contribution < 1.29 is 17.9 Å². The zero-order valence-electron chi connectivity index (χ0n) is 13.2. The molecule has 0 unspecified atom stereocenters. The van der Waals surface area contributed by atoms with Crippen molar-refractivity contribution in [3.63, 3.8) is 0 Å². The van der Waals surface area contributed by atoms with E-state index in [2.05, 4.69) is 5.32 Å². The van der Waals surface area contributed by atoms with Gasteiger partial charge in [0.25, 0.3) is 5.91 Å². The van der Waals surface area contributed by atoms with E-state index in [4.69, 9.17) is 4.74 Å². The van der Waals surface area contributed by atoms with Crippen LogP contribution in [0.3, 0.4) is 0 Å². The molecule has 23 heavy (non-hydrogen) atoms. The molecular formula is C17H19NO4S. The fourth-order valence-electron chi connectivity index (χ4n) is 1.90. The summed E-state index contributed by atoms with van der Waals surface area (Å²) in [6.07, 6.45) is 0.463. The summed E-state index contributed by atoms with van der Waals surface area (Å²) in [5, 5.41) is 2.69. The number of hydrogen-bond donors (Lipinski definition) is 1. The van der Waals surface area contributed by atoms with Crippen molar-refractivity contribution >= 4 is 21.4 Å². The number of sulfone groups is 1. The first-order valence-electron chi connectivity index (χ1n) is 7.10. The van der Waals surface area contributed by atoms with Crippen molar-refractivity contribution in [3.8, 4) is 5.75 Å². The van der Waals surface area contributed by atoms with Crippen molar-refractivity contribution in [1.82, 2.24) is 0 Å². The number of hydrogen-bond acceptors (Lipinski definition) is 4. The fourth-order valence-corrected chi connectivity index (χ4v) is 2.53. The second-order valence-corrected chi connectivity index (χ2v) is 7.37. The summed E-state index contributed by atoms with van der Waals surface area (Å²) < 4.78 is 28.4. The highest BCUT2D eigenvalue weighted by Gasteiger charge is 2.15. The molecule has 0 saturated carbocycles. The van der Waals surface area contributed by atoms with Crippen LogP contribution in [0.2, 0.25) is 0 Å². The average Bonchev–Trinajstić information content (AvgIpc) is 2.49. The van der Waals surface area contributed by atoms with E-state index >= 15 is 0 Å². The molecule has 2 rings (SSSR count). The molecule has 0 spiro atoms. The van der Waals surface area contributed by atoms with E-state index in [1.54, 1.807) is 31.2 Å². The molecule has 6 heteroatoms.